The van der Waals surface area contributed by atoms with Crippen LogP contribution in [0.4, 0.5) is 5.69 Å². The van der Waals surface area contributed by atoms with Gasteiger partial charge in [0.25, 0.3) is 5.91 Å². The number of hydrogen-bond donors (Lipinski definition) is 2. The first kappa shape index (κ1) is 15.7. The summed E-state index contributed by atoms with van der Waals surface area (Å²) in [5.74, 6) is -1.39. The molecular formula is C20H17NO3. The molecule has 0 saturated carbocycles. The molecule has 1 amide bonds. The molecule has 0 aliphatic heterocycles. The van der Waals surface area contributed by atoms with Gasteiger partial charge in [-0.05, 0) is 48.4 Å². The van der Waals surface area contributed by atoms with Crippen molar-refractivity contribution in [2.75, 3.05) is 5.32 Å². The highest BCUT2D eigenvalue weighted by Crippen LogP contribution is 2.25. The molecule has 3 rings (SSSR count). The molecule has 0 bridgehead atoms. The highest BCUT2D eigenvalue weighted by Gasteiger charge is 2.16. The lowest BCUT2D eigenvalue weighted by Crippen LogP contribution is -2.16. The molecule has 0 saturated heterocycles. The SMILES string of the molecule is Cc1ccc(C(=O)Nc2cc3ccccc3cc2C(=O)O)c(C)c1. The summed E-state index contributed by atoms with van der Waals surface area (Å²) in [5, 5.41) is 13.9. The van der Waals surface area contributed by atoms with E-state index in [4.69, 9.17) is 0 Å². The normalized spacial score (nSPS) is 10.6. The maximum Gasteiger partial charge on any atom is 0.337 e. The van der Waals surface area contributed by atoms with Crippen molar-refractivity contribution >= 4 is 28.3 Å². The monoisotopic (exact) mass is 319 g/mol. The van der Waals surface area contributed by atoms with E-state index in [0.717, 1.165) is 21.9 Å². The first-order valence-corrected chi connectivity index (χ1v) is 7.60. The molecule has 4 heteroatoms. The van der Waals surface area contributed by atoms with Crippen LogP contribution < -0.4 is 5.32 Å². The van der Waals surface area contributed by atoms with Crippen molar-refractivity contribution < 1.29 is 14.7 Å². The summed E-state index contributed by atoms with van der Waals surface area (Å²) in [5.41, 5.74) is 2.83. The second kappa shape index (κ2) is 6.16. The Morgan fingerprint density at radius 1 is 0.875 bits per heavy atom. The fourth-order valence-electron chi connectivity index (χ4n) is 2.78. The van der Waals surface area contributed by atoms with Crippen LogP contribution in [0, 0.1) is 13.8 Å². The minimum absolute atomic E-state index is 0.0758. The fourth-order valence-corrected chi connectivity index (χ4v) is 2.78. The highest BCUT2D eigenvalue weighted by molar-refractivity contribution is 6.10. The molecule has 4 nitrogen and oxygen atoms in total. The third kappa shape index (κ3) is 2.99. The fraction of sp³-hybridized carbons (Fsp3) is 0.100. The number of nitrogens with one attached hydrogen (secondary N) is 1. The Balaban J connectivity index is 2.03. The zero-order chi connectivity index (χ0) is 17.3. The number of carboxylic acids is 1. The molecule has 2 N–H and O–H groups in total. The van der Waals surface area contributed by atoms with Crippen molar-refractivity contribution in [1.29, 1.82) is 0 Å². The summed E-state index contributed by atoms with van der Waals surface area (Å²) in [6.07, 6.45) is 0. The molecule has 0 radical (unpaired) electrons. The molecule has 0 heterocycles. The van der Waals surface area contributed by atoms with E-state index in [2.05, 4.69) is 5.32 Å². The number of carbonyl (C=O) groups excluding carboxylic acids is 1. The summed E-state index contributed by atoms with van der Waals surface area (Å²) in [4.78, 5) is 24.1. The predicted octanol–water partition coefficient (Wildman–Crippen LogP) is 4.41. The third-order valence-electron chi connectivity index (χ3n) is 3.99. The summed E-state index contributed by atoms with van der Waals surface area (Å²) >= 11 is 0. The van der Waals surface area contributed by atoms with Crippen LogP contribution in [0.15, 0.2) is 54.6 Å². The van der Waals surface area contributed by atoms with Crippen LogP contribution in [0.3, 0.4) is 0 Å². The Morgan fingerprint density at radius 2 is 1.54 bits per heavy atom. The molecule has 0 atom stereocenters. The molecular weight excluding hydrogens is 302 g/mol. The summed E-state index contributed by atoms with van der Waals surface area (Å²) in [7, 11) is 0. The average Bonchev–Trinajstić information content (AvgIpc) is 2.53. The van der Waals surface area contributed by atoms with Crippen molar-refractivity contribution in [3.63, 3.8) is 0 Å². The van der Waals surface area contributed by atoms with Crippen molar-refractivity contribution in [3.05, 3.63) is 76.9 Å². The largest absolute Gasteiger partial charge is 0.478 e. The number of carbonyl (C=O) groups is 2. The molecule has 0 aromatic heterocycles. The number of fused-ring (bicyclic) bond motifs is 1. The van der Waals surface area contributed by atoms with Crippen LogP contribution in [0.1, 0.15) is 31.8 Å². The van der Waals surface area contributed by atoms with Crippen molar-refractivity contribution in [3.8, 4) is 0 Å². The van der Waals surface area contributed by atoms with Gasteiger partial charge in [-0.15, -0.1) is 0 Å². The van der Waals surface area contributed by atoms with Gasteiger partial charge in [-0.1, -0.05) is 42.0 Å². The van der Waals surface area contributed by atoms with Crippen LogP contribution in [-0.4, -0.2) is 17.0 Å². The number of amides is 1. The van der Waals surface area contributed by atoms with Crippen LogP contribution >= 0.6 is 0 Å². The number of carboxylic acid groups (broad SMARTS) is 1. The van der Waals surface area contributed by atoms with Crippen molar-refractivity contribution in [1.82, 2.24) is 0 Å². The van der Waals surface area contributed by atoms with Gasteiger partial charge in [0.05, 0.1) is 11.3 Å². The smallest absolute Gasteiger partial charge is 0.337 e. The minimum atomic E-state index is -1.07. The minimum Gasteiger partial charge on any atom is -0.478 e. The maximum atomic E-state index is 12.6. The molecule has 120 valence electrons. The quantitative estimate of drug-likeness (QED) is 0.751. The van der Waals surface area contributed by atoms with E-state index in [-0.39, 0.29) is 11.5 Å². The van der Waals surface area contributed by atoms with E-state index >= 15 is 0 Å². The summed E-state index contributed by atoms with van der Waals surface area (Å²) in [6, 6.07) is 16.3. The van der Waals surface area contributed by atoms with Gasteiger partial charge >= 0.3 is 5.97 Å². The van der Waals surface area contributed by atoms with E-state index in [1.807, 2.05) is 50.2 Å². The summed E-state index contributed by atoms with van der Waals surface area (Å²) in [6.45, 7) is 3.82. The van der Waals surface area contributed by atoms with Crippen LogP contribution in [0.25, 0.3) is 10.8 Å². The zero-order valence-corrected chi connectivity index (χ0v) is 13.5. The Kier molecular flexibility index (Phi) is 4.04. The van der Waals surface area contributed by atoms with Gasteiger partial charge in [-0.2, -0.15) is 0 Å². The molecule has 0 aliphatic rings. The van der Waals surface area contributed by atoms with Gasteiger partial charge in [-0.3, -0.25) is 4.79 Å². The Morgan fingerprint density at radius 3 is 2.17 bits per heavy atom. The molecule has 0 aliphatic carbocycles. The highest BCUT2D eigenvalue weighted by atomic mass is 16.4. The van der Waals surface area contributed by atoms with Crippen LogP contribution in [-0.2, 0) is 0 Å². The Hall–Kier alpha value is -3.14. The van der Waals surface area contributed by atoms with E-state index in [1.54, 1.807) is 18.2 Å². The second-order valence-electron chi connectivity index (χ2n) is 5.82. The maximum absolute atomic E-state index is 12.6. The number of anilines is 1. The first-order valence-electron chi connectivity index (χ1n) is 7.60. The van der Waals surface area contributed by atoms with Gasteiger partial charge in [0.15, 0.2) is 0 Å². The lowest BCUT2D eigenvalue weighted by atomic mass is 10.0. The molecule has 0 spiro atoms. The molecule has 24 heavy (non-hydrogen) atoms. The van der Waals surface area contributed by atoms with E-state index < -0.39 is 5.97 Å². The van der Waals surface area contributed by atoms with Crippen molar-refractivity contribution in [2.45, 2.75) is 13.8 Å². The Labute approximate surface area is 139 Å². The molecule has 0 fully saturated rings. The third-order valence-corrected chi connectivity index (χ3v) is 3.99. The van der Waals surface area contributed by atoms with Crippen LogP contribution in [0.5, 0.6) is 0 Å². The lowest BCUT2D eigenvalue weighted by Gasteiger charge is -2.12. The Bertz CT molecular complexity index is 960. The number of aryl methyl sites for hydroxylation is 2. The zero-order valence-electron chi connectivity index (χ0n) is 13.5. The topological polar surface area (TPSA) is 66.4 Å². The van der Waals surface area contributed by atoms with Crippen LogP contribution in [0.2, 0.25) is 0 Å². The predicted molar refractivity (Wildman–Crippen MR) is 94.8 cm³/mol. The van der Waals surface area contributed by atoms with Gasteiger partial charge in [0.1, 0.15) is 0 Å². The van der Waals surface area contributed by atoms with Gasteiger partial charge in [0.2, 0.25) is 0 Å². The number of rotatable bonds is 3. The van der Waals surface area contributed by atoms with E-state index in [9.17, 15) is 14.7 Å². The number of benzene rings is 3. The number of hydrogen-bond acceptors (Lipinski definition) is 2. The molecule has 3 aromatic rings. The standard InChI is InChI=1S/C20H17NO3/c1-12-7-8-16(13(2)9-12)19(22)21-18-11-15-6-4-3-5-14(15)10-17(18)20(23)24/h3-11H,1-2H3,(H,21,22)(H,23,24). The van der Waals surface area contributed by atoms with E-state index in [1.165, 1.54) is 0 Å². The van der Waals surface area contributed by atoms with Crippen molar-refractivity contribution in [2.24, 2.45) is 0 Å². The van der Waals surface area contributed by atoms with Gasteiger partial charge in [-0.25, -0.2) is 4.79 Å². The second-order valence-corrected chi connectivity index (χ2v) is 5.82. The van der Waals surface area contributed by atoms with E-state index in [0.29, 0.717) is 11.3 Å². The molecule has 0 unspecified atom stereocenters. The summed E-state index contributed by atoms with van der Waals surface area (Å²) < 4.78 is 0. The molecule has 3 aromatic carbocycles. The average molecular weight is 319 g/mol. The number of aromatic carboxylic acids is 1. The lowest BCUT2D eigenvalue weighted by molar-refractivity contribution is 0.0698. The first-order chi connectivity index (χ1) is 11.5. The van der Waals surface area contributed by atoms with Gasteiger partial charge in [0, 0.05) is 5.56 Å². The van der Waals surface area contributed by atoms with Gasteiger partial charge < -0.3 is 10.4 Å².